The summed E-state index contributed by atoms with van der Waals surface area (Å²) in [5, 5.41) is 5.80. The molecule has 2 fully saturated rings. The van der Waals surface area contributed by atoms with Crippen molar-refractivity contribution < 1.29 is 23.8 Å². The summed E-state index contributed by atoms with van der Waals surface area (Å²) < 4.78 is 16.8. The largest absolute Gasteiger partial charge is 0.459 e. The van der Waals surface area contributed by atoms with E-state index >= 15 is 0 Å². The molecule has 1 aromatic heterocycles. The molecule has 0 aliphatic carbocycles. The number of esters is 2. The smallest absolute Gasteiger partial charge is 0.324 e. The third-order valence-corrected chi connectivity index (χ3v) is 6.17. The lowest BCUT2D eigenvalue weighted by Gasteiger charge is -2.20. The molecule has 0 saturated carbocycles. The molecule has 7 nitrogen and oxygen atoms in total. The first-order valence-corrected chi connectivity index (χ1v) is 11.0. The van der Waals surface area contributed by atoms with Crippen LogP contribution in [0, 0.1) is 11.3 Å². The quantitative estimate of drug-likeness (QED) is 0.524. The summed E-state index contributed by atoms with van der Waals surface area (Å²) >= 11 is 1.43. The van der Waals surface area contributed by atoms with Gasteiger partial charge in [0.2, 0.25) is 0 Å². The van der Waals surface area contributed by atoms with Gasteiger partial charge >= 0.3 is 11.9 Å². The lowest BCUT2D eigenvalue weighted by Crippen LogP contribution is -2.32. The predicted octanol–water partition coefficient (Wildman–Crippen LogP) is 4.02. The molecule has 3 atom stereocenters. The Labute approximate surface area is 179 Å². The average Bonchev–Trinajstić information content (AvgIpc) is 3.35. The van der Waals surface area contributed by atoms with E-state index in [4.69, 9.17) is 14.2 Å². The number of rotatable bonds is 7. The van der Waals surface area contributed by atoms with Gasteiger partial charge in [0.15, 0.2) is 16.1 Å². The number of anilines is 2. The summed E-state index contributed by atoms with van der Waals surface area (Å²) in [6.07, 6.45) is 0.0571. The number of cyclic esters (lactones) is 2. The average molecular weight is 431 g/mol. The van der Waals surface area contributed by atoms with Gasteiger partial charge in [0.05, 0.1) is 12.3 Å². The van der Waals surface area contributed by atoms with Crippen molar-refractivity contribution in [3.05, 3.63) is 41.4 Å². The van der Waals surface area contributed by atoms with Crippen LogP contribution in [0.15, 0.2) is 35.7 Å². The van der Waals surface area contributed by atoms with Crippen molar-refractivity contribution in [2.75, 3.05) is 18.5 Å². The number of nitrogens with one attached hydrogen (secondary N) is 1. The van der Waals surface area contributed by atoms with Crippen LogP contribution in [-0.2, 0) is 29.4 Å². The van der Waals surface area contributed by atoms with Crippen molar-refractivity contribution >= 4 is 34.1 Å². The van der Waals surface area contributed by atoms with E-state index in [1.807, 2.05) is 35.7 Å². The zero-order chi connectivity index (χ0) is 21.4. The maximum atomic E-state index is 12.8. The summed E-state index contributed by atoms with van der Waals surface area (Å²) in [5.41, 5.74) is -0.704. The second kappa shape index (κ2) is 8.00. The van der Waals surface area contributed by atoms with E-state index in [1.54, 1.807) is 6.92 Å². The second-order valence-corrected chi connectivity index (χ2v) is 9.43. The Morgan fingerprint density at radius 1 is 1.27 bits per heavy atom. The fraction of sp³-hybridized carbons (Fsp3) is 0.500. The van der Waals surface area contributed by atoms with Gasteiger partial charge in [0, 0.05) is 30.5 Å². The van der Waals surface area contributed by atoms with Crippen molar-refractivity contribution in [3.8, 4) is 0 Å². The molecular formula is C22H26N2O5S. The van der Waals surface area contributed by atoms with E-state index in [1.165, 1.54) is 11.3 Å². The Morgan fingerprint density at radius 3 is 2.77 bits per heavy atom. The number of thiazole rings is 1. The first kappa shape index (κ1) is 20.8. The minimum atomic E-state index is -1.28. The number of hydrogen-bond donors (Lipinski definition) is 1. The molecule has 2 aliphatic heterocycles. The zero-order valence-electron chi connectivity index (χ0n) is 17.3. The van der Waals surface area contributed by atoms with Gasteiger partial charge in [-0.3, -0.25) is 9.59 Å². The van der Waals surface area contributed by atoms with Crippen LogP contribution in [-0.4, -0.2) is 36.2 Å². The molecule has 8 heteroatoms. The van der Waals surface area contributed by atoms with Crippen LogP contribution in [0.1, 0.15) is 39.3 Å². The molecule has 1 aromatic carbocycles. The van der Waals surface area contributed by atoms with Crippen LogP contribution >= 0.6 is 11.3 Å². The number of nitrogens with zero attached hydrogens (tertiary/aromatic N) is 1. The number of ether oxygens (including phenoxy) is 3. The fourth-order valence-corrected chi connectivity index (χ4v) is 4.82. The Balaban J connectivity index is 1.46. The maximum Gasteiger partial charge on any atom is 0.324 e. The lowest BCUT2D eigenvalue weighted by molar-refractivity contribution is -0.160. The molecule has 3 heterocycles. The number of carbonyl (C=O) groups is 2. The predicted molar refractivity (Wildman–Crippen MR) is 112 cm³/mol. The van der Waals surface area contributed by atoms with Crippen molar-refractivity contribution in [3.63, 3.8) is 0 Å². The standard InChI is InChI=1S/C22H26N2O5S/c1-14(2)10-27-11-16-9-22(18(25)28-16)13-21(3,29-19(22)26)17-12-30-20(24-17)23-15-7-5-4-6-8-15/h4-8,12,14,16H,9-11,13H2,1-3H3,(H,23,24)/t16-,21-,22-/m0/s1. The van der Waals surface area contributed by atoms with Gasteiger partial charge in [-0.15, -0.1) is 11.3 Å². The van der Waals surface area contributed by atoms with E-state index in [-0.39, 0.29) is 19.4 Å². The highest BCUT2D eigenvalue weighted by Gasteiger charge is 2.65. The van der Waals surface area contributed by atoms with E-state index < -0.39 is 29.1 Å². The molecule has 1 N–H and O–H groups in total. The number of aromatic nitrogens is 1. The van der Waals surface area contributed by atoms with Crippen molar-refractivity contribution in [1.82, 2.24) is 4.98 Å². The van der Waals surface area contributed by atoms with Crippen LogP contribution in [0.3, 0.4) is 0 Å². The number of carbonyl (C=O) groups excluding carboxylic acids is 2. The van der Waals surface area contributed by atoms with Gasteiger partial charge in [-0.2, -0.15) is 0 Å². The van der Waals surface area contributed by atoms with Crippen LogP contribution in [0.2, 0.25) is 0 Å². The van der Waals surface area contributed by atoms with E-state index in [9.17, 15) is 9.59 Å². The molecule has 2 aliphatic rings. The Morgan fingerprint density at radius 2 is 2.03 bits per heavy atom. The van der Waals surface area contributed by atoms with E-state index in [0.29, 0.717) is 23.4 Å². The number of hydrogen-bond acceptors (Lipinski definition) is 8. The van der Waals surface area contributed by atoms with Crippen LogP contribution in [0.5, 0.6) is 0 Å². The van der Waals surface area contributed by atoms with E-state index in [2.05, 4.69) is 24.1 Å². The molecule has 1 spiro atoms. The van der Waals surface area contributed by atoms with Gasteiger partial charge in [0.1, 0.15) is 6.10 Å². The first-order valence-electron chi connectivity index (χ1n) is 10.1. The molecule has 0 radical (unpaired) electrons. The highest BCUT2D eigenvalue weighted by molar-refractivity contribution is 7.13. The molecule has 30 heavy (non-hydrogen) atoms. The molecule has 160 valence electrons. The minimum absolute atomic E-state index is 0.215. The number of benzene rings is 1. The molecular weight excluding hydrogens is 404 g/mol. The molecule has 2 saturated heterocycles. The van der Waals surface area contributed by atoms with Crippen molar-refractivity contribution in [1.29, 1.82) is 0 Å². The third-order valence-electron chi connectivity index (χ3n) is 5.41. The highest BCUT2D eigenvalue weighted by Crippen LogP contribution is 2.52. The summed E-state index contributed by atoms with van der Waals surface area (Å²) in [6.45, 7) is 6.78. The van der Waals surface area contributed by atoms with Crippen molar-refractivity contribution in [2.45, 2.75) is 45.3 Å². The van der Waals surface area contributed by atoms with Gasteiger partial charge < -0.3 is 19.5 Å². The van der Waals surface area contributed by atoms with Crippen LogP contribution in [0.25, 0.3) is 0 Å². The maximum absolute atomic E-state index is 12.8. The lowest BCUT2D eigenvalue weighted by atomic mass is 9.78. The second-order valence-electron chi connectivity index (χ2n) is 8.57. The summed E-state index contributed by atoms with van der Waals surface area (Å²) in [7, 11) is 0. The molecule has 0 unspecified atom stereocenters. The summed E-state index contributed by atoms with van der Waals surface area (Å²) in [6, 6.07) is 9.72. The summed E-state index contributed by atoms with van der Waals surface area (Å²) in [4.78, 5) is 30.1. The minimum Gasteiger partial charge on any atom is -0.459 e. The third kappa shape index (κ3) is 3.94. The van der Waals surface area contributed by atoms with Gasteiger partial charge in [-0.1, -0.05) is 32.0 Å². The van der Waals surface area contributed by atoms with Gasteiger partial charge in [0.25, 0.3) is 0 Å². The molecule has 4 rings (SSSR count). The first-order chi connectivity index (χ1) is 14.3. The highest BCUT2D eigenvalue weighted by atomic mass is 32.1. The Kier molecular flexibility index (Phi) is 5.55. The van der Waals surface area contributed by atoms with Crippen molar-refractivity contribution in [2.24, 2.45) is 11.3 Å². The van der Waals surface area contributed by atoms with E-state index in [0.717, 1.165) is 5.69 Å². The molecule has 2 aromatic rings. The topological polar surface area (TPSA) is 86.8 Å². The zero-order valence-corrected chi connectivity index (χ0v) is 18.2. The Bertz CT molecular complexity index is 931. The SMILES string of the molecule is CC(C)COC[C@@H]1C[C@]2(C[C@@](C)(c3csc(Nc4ccccc4)n3)OC2=O)C(=O)O1. The fourth-order valence-electron chi connectivity index (χ4n) is 3.97. The van der Waals surface area contributed by atoms with Gasteiger partial charge in [-0.05, 0) is 25.0 Å². The molecule has 0 bridgehead atoms. The Hall–Kier alpha value is -2.45. The number of para-hydroxylation sites is 1. The summed E-state index contributed by atoms with van der Waals surface area (Å²) in [5.74, 6) is -0.668. The molecule has 0 amide bonds. The van der Waals surface area contributed by atoms with Crippen LogP contribution in [0.4, 0.5) is 10.8 Å². The van der Waals surface area contributed by atoms with Gasteiger partial charge in [-0.25, -0.2) is 4.98 Å². The van der Waals surface area contributed by atoms with Crippen LogP contribution < -0.4 is 5.32 Å². The normalized spacial score (nSPS) is 28.2. The monoisotopic (exact) mass is 430 g/mol.